The molecule has 3 rings (SSSR count). The van der Waals surface area contributed by atoms with Gasteiger partial charge < -0.3 is 9.31 Å². The first-order valence-electron chi connectivity index (χ1n) is 8.79. The molecule has 0 amide bonds. The van der Waals surface area contributed by atoms with Crippen LogP contribution < -0.4 is 10.2 Å². The first kappa shape index (κ1) is 19.6. The minimum absolute atomic E-state index is 0.159. The number of benzene rings is 1. The van der Waals surface area contributed by atoms with E-state index in [1.165, 1.54) is 0 Å². The van der Waals surface area contributed by atoms with E-state index in [4.69, 9.17) is 9.31 Å². The smallest absolute Gasteiger partial charge is 0.399 e. The third-order valence-electron chi connectivity index (χ3n) is 5.57. The van der Waals surface area contributed by atoms with Gasteiger partial charge >= 0.3 is 7.12 Å². The van der Waals surface area contributed by atoms with Crippen LogP contribution in [0, 0.1) is 11.6 Å². The Morgan fingerprint density at radius 3 is 2.15 bits per heavy atom. The van der Waals surface area contributed by atoms with Gasteiger partial charge in [0.2, 0.25) is 10.0 Å². The molecule has 1 aliphatic heterocycles. The summed E-state index contributed by atoms with van der Waals surface area (Å²) < 4.78 is 67.7. The lowest BCUT2D eigenvalue weighted by molar-refractivity contribution is 0.00578. The van der Waals surface area contributed by atoms with E-state index >= 15 is 0 Å². The van der Waals surface area contributed by atoms with E-state index < -0.39 is 50.9 Å². The minimum atomic E-state index is -3.78. The highest BCUT2D eigenvalue weighted by Crippen LogP contribution is 2.37. The van der Waals surface area contributed by atoms with Crippen molar-refractivity contribution < 1.29 is 26.5 Å². The molecular weight excluding hydrogens is 363 g/mol. The second-order valence-electron chi connectivity index (χ2n) is 8.00. The Hall–Kier alpha value is -1.19. The van der Waals surface area contributed by atoms with Crippen LogP contribution in [0.3, 0.4) is 0 Å². The molecule has 1 aromatic rings. The highest BCUT2D eigenvalue weighted by molar-refractivity contribution is 7.93. The van der Waals surface area contributed by atoms with Crippen molar-refractivity contribution in [2.45, 2.75) is 69.8 Å². The Morgan fingerprint density at radius 1 is 1.08 bits per heavy atom. The topological polar surface area (TPSA) is 64.6 Å². The van der Waals surface area contributed by atoms with E-state index in [9.17, 15) is 17.2 Å². The first-order chi connectivity index (χ1) is 11.9. The summed E-state index contributed by atoms with van der Waals surface area (Å²) in [5.41, 5.74) is -2.02. The largest absolute Gasteiger partial charge is 0.498 e. The van der Waals surface area contributed by atoms with Crippen LogP contribution in [0.1, 0.15) is 53.4 Å². The van der Waals surface area contributed by atoms with Crippen LogP contribution in [0.5, 0.6) is 0 Å². The van der Waals surface area contributed by atoms with Crippen molar-refractivity contribution in [3.05, 3.63) is 23.8 Å². The fraction of sp³-hybridized carbons (Fsp3) is 0.647. The summed E-state index contributed by atoms with van der Waals surface area (Å²) in [6.07, 6.45) is 2.68. The number of nitrogens with one attached hydrogen (secondary N) is 1. The van der Waals surface area contributed by atoms with Crippen molar-refractivity contribution in [3.8, 4) is 0 Å². The van der Waals surface area contributed by atoms with E-state index in [0.717, 1.165) is 25.0 Å². The predicted octanol–water partition coefficient (Wildman–Crippen LogP) is 2.95. The fourth-order valence-corrected chi connectivity index (χ4v) is 4.84. The number of anilines is 1. The van der Waals surface area contributed by atoms with Crippen LogP contribution >= 0.6 is 0 Å². The van der Waals surface area contributed by atoms with Crippen LogP contribution in [-0.4, -0.2) is 32.0 Å². The van der Waals surface area contributed by atoms with E-state index in [0.29, 0.717) is 12.8 Å². The molecule has 0 radical (unpaired) electrons. The van der Waals surface area contributed by atoms with Gasteiger partial charge in [-0.25, -0.2) is 17.2 Å². The molecule has 0 unspecified atom stereocenters. The monoisotopic (exact) mass is 387 g/mol. The van der Waals surface area contributed by atoms with Crippen LogP contribution in [-0.2, 0) is 19.3 Å². The molecule has 1 heterocycles. The summed E-state index contributed by atoms with van der Waals surface area (Å²) >= 11 is 0. The van der Waals surface area contributed by atoms with Gasteiger partial charge in [-0.1, -0.05) is 12.8 Å². The number of rotatable bonds is 4. The molecule has 5 nitrogen and oxygen atoms in total. The molecule has 1 aliphatic carbocycles. The number of hydrogen-bond acceptors (Lipinski definition) is 4. The van der Waals surface area contributed by atoms with Crippen molar-refractivity contribution in [3.63, 3.8) is 0 Å². The zero-order chi connectivity index (χ0) is 19.3. The van der Waals surface area contributed by atoms with Crippen LogP contribution in [0.4, 0.5) is 14.5 Å². The summed E-state index contributed by atoms with van der Waals surface area (Å²) in [6, 6.07) is 1.82. The Bertz CT molecular complexity index is 791. The lowest BCUT2D eigenvalue weighted by atomic mass is 9.78. The second kappa shape index (κ2) is 6.46. The maximum atomic E-state index is 15.0. The van der Waals surface area contributed by atoms with Gasteiger partial charge in [0.1, 0.15) is 11.6 Å². The van der Waals surface area contributed by atoms with Crippen LogP contribution in [0.2, 0.25) is 0 Å². The molecule has 2 aliphatic rings. The third-order valence-corrected chi connectivity index (χ3v) is 7.42. The molecule has 0 atom stereocenters. The Balaban J connectivity index is 1.93. The normalized spacial score (nSPS) is 22.8. The average molecular weight is 387 g/mol. The van der Waals surface area contributed by atoms with E-state index in [1.54, 1.807) is 27.7 Å². The molecule has 1 aromatic carbocycles. The zero-order valence-electron chi connectivity index (χ0n) is 15.4. The summed E-state index contributed by atoms with van der Waals surface area (Å²) in [5, 5.41) is -0.578. The van der Waals surface area contributed by atoms with E-state index in [2.05, 4.69) is 4.72 Å². The van der Waals surface area contributed by atoms with Gasteiger partial charge in [0.15, 0.2) is 0 Å². The van der Waals surface area contributed by atoms with E-state index in [1.807, 2.05) is 0 Å². The molecule has 9 heteroatoms. The lowest BCUT2D eigenvalue weighted by Crippen LogP contribution is -2.41. The SMILES string of the molecule is CC1(C)OB(c2cc(F)cc(NS(=O)(=O)C3CCCC3)c2F)OC1(C)C. The summed E-state index contributed by atoms with van der Waals surface area (Å²) in [5.74, 6) is -1.65. The van der Waals surface area contributed by atoms with Gasteiger partial charge in [-0.15, -0.1) is 0 Å². The molecule has 0 bridgehead atoms. The first-order valence-corrected chi connectivity index (χ1v) is 10.3. The van der Waals surface area contributed by atoms with Crippen molar-refractivity contribution >= 4 is 28.3 Å². The van der Waals surface area contributed by atoms with Crippen LogP contribution in [0.15, 0.2) is 12.1 Å². The standard InChI is InChI=1S/C17H24BF2NO4S/c1-16(2)17(3,4)25-18(24-16)13-9-11(19)10-14(15(13)20)21-26(22,23)12-7-5-6-8-12/h9-10,12,21H,5-8H2,1-4H3. The third kappa shape index (κ3) is 3.49. The predicted molar refractivity (Wildman–Crippen MR) is 96.9 cm³/mol. The van der Waals surface area contributed by atoms with Crippen molar-refractivity contribution in [2.24, 2.45) is 0 Å². The highest BCUT2D eigenvalue weighted by Gasteiger charge is 2.52. The average Bonchev–Trinajstić information content (AvgIpc) is 3.10. The van der Waals surface area contributed by atoms with Gasteiger partial charge in [-0.2, -0.15) is 0 Å². The molecule has 1 N–H and O–H groups in total. The minimum Gasteiger partial charge on any atom is -0.399 e. The Kier molecular flexibility index (Phi) is 4.86. The zero-order valence-corrected chi connectivity index (χ0v) is 16.3. The van der Waals surface area contributed by atoms with Crippen LogP contribution in [0.25, 0.3) is 0 Å². The fourth-order valence-electron chi connectivity index (χ4n) is 3.26. The number of hydrogen-bond donors (Lipinski definition) is 1. The van der Waals surface area contributed by atoms with Gasteiger partial charge in [-0.3, -0.25) is 4.72 Å². The molecule has 2 fully saturated rings. The Morgan fingerprint density at radius 2 is 1.62 bits per heavy atom. The summed E-state index contributed by atoms with van der Waals surface area (Å²) in [7, 11) is -4.90. The van der Waals surface area contributed by atoms with Crippen molar-refractivity contribution in [1.29, 1.82) is 0 Å². The van der Waals surface area contributed by atoms with Gasteiger partial charge in [0.25, 0.3) is 0 Å². The molecule has 1 saturated heterocycles. The lowest BCUT2D eigenvalue weighted by Gasteiger charge is -2.32. The Labute approximate surface area is 153 Å². The van der Waals surface area contributed by atoms with Gasteiger partial charge in [0, 0.05) is 11.5 Å². The molecule has 26 heavy (non-hydrogen) atoms. The second-order valence-corrected chi connectivity index (χ2v) is 9.96. The molecule has 0 spiro atoms. The molecule has 1 saturated carbocycles. The van der Waals surface area contributed by atoms with Crippen molar-refractivity contribution in [2.75, 3.05) is 4.72 Å². The highest BCUT2D eigenvalue weighted by atomic mass is 32.2. The maximum Gasteiger partial charge on any atom is 0.498 e. The van der Waals surface area contributed by atoms with E-state index in [-0.39, 0.29) is 5.46 Å². The maximum absolute atomic E-state index is 15.0. The van der Waals surface area contributed by atoms with Gasteiger partial charge in [0.05, 0.1) is 22.1 Å². The number of halogens is 2. The summed E-state index contributed by atoms with van der Waals surface area (Å²) in [4.78, 5) is 0. The van der Waals surface area contributed by atoms with Crippen molar-refractivity contribution in [1.82, 2.24) is 0 Å². The summed E-state index contributed by atoms with van der Waals surface area (Å²) in [6.45, 7) is 7.20. The molecule has 144 valence electrons. The molecular formula is C17H24BF2NO4S. The quantitative estimate of drug-likeness (QED) is 0.807. The van der Waals surface area contributed by atoms with Gasteiger partial charge in [-0.05, 0) is 46.6 Å². The molecule has 0 aromatic heterocycles. The number of sulfonamides is 1.